The smallest absolute Gasteiger partial charge is 0.373 e. The summed E-state index contributed by atoms with van der Waals surface area (Å²) in [7, 11) is 3.06. The van der Waals surface area contributed by atoms with Crippen molar-refractivity contribution in [1.82, 2.24) is 0 Å². The van der Waals surface area contributed by atoms with E-state index in [0.29, 0.717) is 17.1 Å². The van der Waals surface area contributed by atoms with Crippen LogP contribution in [0.3, 0.4) is 0 Å². The Morgan fingerprint density at radius 2 is 1.75 bits per heavy atom. The molecule has 1 aliphatic carbocycles. The maximum absolute atomic E-state index is 11.9. The summed E-state index contributed by atoms with van der Waals surface area (Å²) in [6.45, 7) is 0. The zero-order valence-electron chi connectivity index (χ0n) is 11.9. The molecule has 0 radical (unpaired) electrons. The average Bonchev–Trinajstić information content (AvgIpc) is 2.52. The van der Waals surface area contributed by atoms with Crippen molar-refractivity contribution in [1.29, 1.82) is 0 Å². The maximum Gasteiger partial charge on any atom is 0.373 e. The van der Waals surface area contributed by atoms with Crippen LogP contribution in [0.1, 0.15) is 42.5 Å². The van der Waals surface area contributed by atoms with E-state index in [2.05, 4.69) is 0 Å². The Labute approximate surface area is 118 Å². The molecular weight excluding hydrogens is 260 g/mol. The van der Waals surface area contributed by atoms with E-state index in [4.69, 9.17) is 19.2 Å². The first-order valence-electron chi connectivity index (χ1n) is 6.84. The summed E-state index contributed by atoms with van der Waals surface area (Å²) in [5.74, 6) is 0.536. The minimum atomic E-state index is -0.517. The summed E-state index contributed by atoms with van der Waals surface area (Å²) in [5, 5.41) is 0. The van der Waals surface area contributed by atoms with Crippen molar-refractivity contribution in [2.24, 2.45) is 0 Å². The Hall–Kier alpha value is -1.75. The zero-order valence-corrected chi connectivity index (χ0v) is 11.9. The molecule has 0 atom stereocenters. The Kier molecular flexibility index (Phi) is 5.24. The van der Waals surface area contributed by atoms with Gasteiger partial charge >= 0.3 is 5.97 Å². The van der Waals surface area contributed by atoms with Crippen LogP contribution < -0.4 is 9.47 Å². The lowest BCUT2D eigenvalue weighted by molar-refractivity contribution is -0.279. The van der Waals surface area contributed by atoms with Crippen molar-refractivity contribution in [3.63, 3.8) is 0 Å². The van der Waals surface area contributed by atoms with E-state index < -0.39 is 5.97 Å². The first-order chi connectivity index (χ1) is 9.74. The van der Waals surface area contributed by atoms with E-state index in [1.165, 1.54) is 13.5 Å². The Morgan fingerprint density at radius 3 is 2.40 bits per heavy atom. The second-order valence-corrected chi connectivity index (χ2v) is 4.80. The third-order valence-electron chi connectivity index (χ3n) is 3.43. The fourth-order valence-corrected chi connectivity index (χ4v) is 2.28. The van der Waals surface area contributed by atoms with E-state index in [0.717, 1.165) is 25.7 Å². The number of carbonyl (C=O) groups is 1. The molecule has 5 nitrogen and oxygen atoms in total. The predicted molar refractivity (Wildman–Crippen MR) is 72.9 cm³/mol. The highest BCUT2D eigenvalue weighted by atomic mass is 17.2. The summed E-state index contributed by atoms with van der Waals surface area (Å²) in [6.07, 6.45) is 5.38. The van der Waals surface area contributed by atoms with Gasteiger partial charge in [-0.25, -0.2) is 4.79 Å². The summed E-state index contributed by atoms with van der Waals surface area (Å²) >= 11 is 0. The van der Waals surface area contributed by atoms with Crippen molar-refractivity contribution >= 4 is 5.97 Å². The van der Waals surface area contributed by atoms with E-state index in [-0.39, 0.29) is 6.10 Å². The van der Waals surface area contributed by atoms with Crippen LogP contribution in [0.15, 0.2) is 18.2 Å². The second kappa shape index (κ2) is 7.14. The average molecular weight is 280 g/mol. The lowest BCUT2D eigenvalue weighted by atomic mass is 9.98. The molecule has 2 rings (SSSR count). The Bertz CT molecular complexity index is 452. The molecule has 0 saturated heterocycles. The standard InChI is InChI=1S/C15H20O5/c1-17-13-9-8-11(10-14(13)18-2)15(16)20-19-12-6-4-3-5-7-12/h8-10,12H,3-7H2,1-2H3. The van der Waals surface area contributed by atoms with Crippen molar-refractivity contribution in [3.8, 4) is 11.5 Å². The van der Waals surface area contributed by atoms with Crippen LogP contribution in [-0.4, -0.2) is 26.3 Å². The van der Waals surface area contributed by atoms with E-state index in [1.54, 1.807) is 25.3 Å². The molecule has 0 unspecified atom stereocenters. The van der Waals surface area contributed by atoms with Gasteiger partial charge in [0.05, 0.1) is 19.8 Å². The molecule has 110 valence electrons. The molecular formula is C15H20O5. The van der Waals surface area contributed by atoms with Gasteiger partial charge in [-0.15, -0.1) is 0 Å². The highest BCUT2D eigenvalue weighted by Crippen LogP contribution is 2.28. The first kappa shape index (κ1) is 14.7. The minimum absolute atomic E-state index is 0.0212. The van der Waals surface area contributed by atoms with Crippen molar-refractivity contribution in [2.45, 2.75) is 38.2 Å². The van der Waals surface area contributed by atoms with Crippen LogP contribution in [0.2, 0.25) is 0 Å². The molecule has 0 aliphatic heterocycles. The molecule has 0 aromatic heterocycles. The number of rotatable bonds is 5. The topological polar surface area (TPSA) is 54.0 Å². The van der Waals surface area contributed by atoms with Gasteiger partial charge in [-0.2, -0.15) is 4.89 Å². The van der Waals surface area contributed by atoms with Crippen LogP contribution in [0, 0.1) is 0 Å². The van der Waals surface area contributed by atoms with Gasteiger partial charge in [0.2, 0.25) is 0 Å². The third-order valence-corrected chi connectivity index (χ3v) is 3.43. The van der Waals surface area contributed by atoms with E-state index >= 15 is 0 Å². The monoisotopic (exact) mass is 280 g/mol. The SMILES string of the molecule is COc1ccc(C(=O)OOC2CCCCC2)cc1OC. The highest BCUT2D eigenvalue weighted by molar-refractivity contribution is 5.89. The summed E-state index contributed by atoms with van der Waals surface area (Å²) in [4.78, 5) is 22.0. The Balaban J connectivity index is 1.94. The molecule has 1 aromatic rings. The van der Waals surface area contributed by atoms with Crippen LogP contribution in [0.5, 0.6) is 11.5 Å². The largest absolute Gasteiger partial charge is 0.493 e. The molecule has 0 N–H and O–H groups in total. The van der Waals surface area contributed by atoms with Crippen molar-refractivity contribution < 1.29 is 24.0 Å². The van der Waals surface area contributed by atoms with Crippen molar-refractivity contribution in [3.05, 3.63) is 23.8 Å². The quantitative estimate of drug-likeness (QED) is 0.612. The van der Waals surface area contributed by atoms with Gasteiger partial charge in [0, 0.05) is 0 Å². The van der Waals surface area contributed by atoms with Crippen LogP contribution in [-0.2, 0) is 9.78 Å². The molecule has 0 amide bonds. The third kappa shape index (κ3) is 3.63. The number of hydrogen-bond acceptors (Lipinski definition) is 5. The van der Waals surface area contributed by atoms with Gasteiger partial charge in [-0.1, -0.05) is 19.3 Å². The molecule has 0 spiro atoms. The highest BCUT2D eigenvalue weighted by Gasteiger charge is 2.18. The van der Waals surface area contributed by atoms with Crippen molar-refractivity contribution in [2.75, 3.05) is 14.2 Å². The first-order valence-corrected chi connectivity index (χ1v) is 6.84. The van der Waals surface area contributed by atoms with Gasteiger partial charge < -0.3 is 9.47 Å². The van der Waals surface area contributed by atoms with Gasteiger partial charge in [0.25, 0.3) is 0 Å². The molecule has 1 aliphatic rings. The van der Waals surface area contributed by atoms with Crippen LogP contribution in [0.4, 0.5) is 0 Å². The Morgan fingerprint density at radius 1 is 1.05 bits per heavy atom. The molecule has 5 heteroatoms. The molecule has 1 aromatic carbocycles. The summed E-state index contributed by atoms with van der Waals surface area (Å²) in [5.41, 5.74) is 0.374. The van der Waals surface area contributed by atoms with Crippen LogP contribution >= 0.6 is 0 Å². The lowest BCUT2D eigenvalue weighted by Crippen LogP contribution is -2.19. The van der Waals surface area contributed by atoms with Gasteiger partial charge in [-0.3, -0.25) is 4.89 Å². The maximum atomic E-state index is 11.9. The molecule has 20 heavy (non-hydrogen) atoms. The lowest BCUT2D eigenvalue weighted by Gasteiger charge is -2.19. The van der Waals surface area contributed by atoms with E-state index in [1.807, 2.05) is 0 Å². The normalized spacial score (nSPS) is 15.7. The second-order valence-electron chi connectivity index (χ2n) is 4.80. The number of hydrogen-bond donors (Lipinski definition) is 0. The minimum Gasteiger partial charge on any atom is -0.493 e. The predicted octanol–water partition coefficient (Wildman–Crippen LogP) is 3.12. The molecule has 0 bridgehead atoms. The number of benzene rings is 1. The fourth-order valence-electron chi connectivity index (χ4n) is 2.28. The zero-order chi connectivity index (χ0) is 14.4. The molecule has 1 fully saturated rings. The number of methoxy groups -OCH3 is 2. The van der Waals surface area contributed by atoms with E-state index in [9.17, 15) is 4.79 Å². The number of ether oxygens (including phenoxy) is 2. The molecule has 0 heterocycles. The van der Waals surface area contributed by atoms with Gasteiger partial charge in [0.1, 0.15) is 6.10 Å². The van der Waals surface area contributed by atoms with Crippen LogP contribution in [0.25, 0.3) is 0 Å². The van der Waals surface area contributed by atoms with Gasteiger partial charge in [-0.05, 0) is 31.0 Å². The summed E-state index contributed by atoms with van der Waals surface area (Å²) in [6, 6.07) is 4.86. The summed E-state index contributed by atoms with van der Waals surface area (Å²) < 4.78 is 10.3. The fraction of sp³-hybridized carbons (Fsp3) is 0.533. The molecule has 1 saturated carbocycles. The number of carbonyl (C=O) groups excluding carboxylic acids is 1. The van der Waals surface area contributed by atoms with Gasteiger partial charge in [0.15, 0.2) is 11.5 Å².